The average Bonchev–Trinajstić information content (AvgIpc) is 2.68. The van der Waals surface area contributed by atoms with Crippen LogP contribution in [-0.4, -0.2) is 23.4 Å². The van der Waals surface area contributed by atoms with Crippen LogP contribution in [0.25, 0.3) is 0 Å². The van der Waals surface area contributed by atoms with Crippen molar-refractivity contribution in [3.8, 4) is 0 Å². The zero-order valence-corrected chi connectivity index (χ0v) is 8.69. The smallest absolute Gasteiger partial charge is 0.229 e. The Morgan fingerprint density at radius 3 is 2.57 bits per heavy atom. The first kappa shape index (κ1) is 9.65. The van der Waals surface area contributed by atoms with Crippen LogP contribution in [0.1, 0.15) is 50.2 Å². The van der Waals surface area contributed by atoms with E-state index in [-0.39, 0.29) is 0 Å². The van der Waals surface area contributed by atoms with Crippen molar-refractivity contribution >= 4 is 0 Å². The first-order valence-electron chi connectivity index (χ1n) is 5.18. The molecule has 0 bridgehead atoms. The maximum absolute atomic E-state index is 5.29. The van der Waals surface area contributed by atoms with Gasteiger partial charge in [0.05, 0.1) is 0 Å². The molecule has 0 radical (unpaired) electrons. The van der Waals surface area contributed by atoms with Crippen LogP contribution in [0.3, 0.4) is 0 Å². The maximum Gasteiger partial charge on any atom is 0.229 e. The Kier molecular flexibility index (Phi) is 2.82. The van der Waals surface area contributed by atoms with Crippen molar-refractivity contribution < 1.29 is 9.26 Å². The lowest BCUT2D eigenvalue weighted by Gasteiger charge is -2.17. The second kappa shape index (κ2) is 4.09. The molecule has 78 valence electrons. The van der Waals surface area contributed by atoms with Gasteiger partial charge in [0, 0.05) is 25.0 Å². The molecule has 0 spiro atoms. The second-order valence-electron chi connectivity index (χ2n) is 4.03. The molecule has 0 N–H and O–H groups in total. The highest BCUT2D eigenvalue weighted by atomic mass is 16.5. The zero-order chi connectivity index (χ0) is 9.97. The summed E-state index contributed by atoms with van der Waals surface area (Å²) in [4.78, 5) is 4.40. The van der Waals surface area contributed by atoms with E-state index in [4.69, 9.17) is 9.26 Å². The first-order chi connectivity index (χ1) is 6.77. The predicted molar refractivity (Wildman–Crippen MR) is 51.2 cm³/mol. The van der Waals surface area contributed by atoms with Crippen LogP contribution in [0.15, 0.2) is 4.52 Å². The molecule has 0 aliphatic carbocycles. The van der Waals surface area contributed by atoms with Crippen molar-refractivity contribution in [3.63, 3.8) is 0 Å². The Hall–Kier alpha value is -0.900. The predicted octanol–water partition coefficient (Wildman–Crippen LogP) is 2.09. The van der Waals surface area contributed by atoms with E-state index >= 15 is 0 Å². The van der Waals surface area contributed by atoms with Crippen molar-refractivity contribution in [2.45, 2.75) is 38.5 Å². The molecule has 0 unspecified atom stereocenters. The summed E-state index contributed by atoms with van der Waals surface area (Å²) in [5.74, 6) is 2.35. The van der Waals surface area contributed by atoms with Crippen molar-refractivity contribution in [1.29, 1.82) is 0 Å². The van der Waals surface area contributed by atoms with Gasteiger partial charge in [-0.25, -0.2) is 0 Å². The van der Waals surface area contributed by atoms with Crippen LogP contribution in [0.5, 0.6) is 0 Å². The van der Waals surface area contributed by atoms with E-state index in [2.05, 4.69) is 24.0 Å². The highest BCUT2D eigenvalue weighted by Gasteiger charge is 2.22. The van der Waals surface area contributed by atoms with E-state index in [0.29, 0.717) is 11.8 Å². The average molecular weight is 196 g/mol. The number of nitrogens with zero attached hydrogens (tertiary/aromatic N) is 2. The Labute approximate surface area is 83.6 Å². The van der Waals surface area contributed by atoms with Gasteiger partial charge in [-0.05, 0) is 12.8 Å². The van der Waals surface area contributed by atoms with E-state index in [1.54, 1.807) is 0 Å². The molecule has 2 heterocycles. The van der Waals surface area contributed by atoms with Gasteiger partial charge in [-0.3, -0.25) is 0 Å². The summed E-state index contributed by atoms with van der Waals surface area (Å²) in [6.45, 7) is 5.76. The number of ether oxygens (including phenoxy) is 1. The third-order valence-corrected chi connectivity index (χ3v) is 2.54. The Bertz CT molecular complexity index is 290. The van der Waals surface area contributed by atoms with Crippen molar-refractivity contribution in [1.82, 2.24) is 10.1 Å². The second-order valence-corrected chi connectivity index (χ2v) is 4.03. The molecule has 0 saturated carbocycles. The lowest BCUT2D eigenvalue weighted by Crippen LogP contribution is -2.14. The van der Waals surface area contributed by atoms with Gasteiger partial charge in [0.25, 0.3) is 0 Å². The molecule has 1 aromatic rings. The van der Waals surface area contributed by atoms with Gasteiger partial charge in [-0.2, -0.15) is 4.98 Å². The monoisotopic (exact) mass is 196 g/mol. The Morgan fingerprint density at radius 1 is 1.29 bits per heavy atom. The topological polar surface area (TPSA) is 48.2 Å². The third-order valence-electron chi connectivity index (χ3n) is 2.54. The lowest BCUT2D eigenvalue weighted by molar-refractivity contribution is 0.0778. The summed E-state index contributed by atoms with van der Waals surface area (Å²) in [7, 11) is 0. The van der Waals surface area contributed by atoms with E-state index in [9.17, 15) is 0 Å². The SMILES string of the molecule is CC(C)c1noc(C2CCOCC2)n1. The Balaban J connectivity index is 2.07. The zero-order valence-electron chi connectivity index (χ0n) is 8.69. The van der Waals surface area contributed by atoms with Crippen molar-refractivity contribution in [3.05, 3.63) is 11.7 Å². The quantitative estimate of drug-likeness (QED) is 0.726. The van der Waals surface area contributed by atoms with Crippen LogP contribution < -0.4 is 0 Å². The highest BCUT2D eigenvalue weighted by Crippen LogP contribution is 2.26. The van der Waals surface area contributed by atoms with Crippen LogP contribution in [-0.2, 0) is 4.74 Å². The minimum absolute atomic E-state index is 0.340. The molecule has 2 rings (SSSR count). The molecule has 0 amide bonds. The number of hydrogen-bond donors (Lipinski definition) is 0. The van der Waals surface area contributed by atoms with Gasteiger partial charge in [0.2, 0.25) is 5.89 Å². The van der Waals surface area contributed by atoms with Crippen molar-refractivity contribution in [2.75, 3.05) is 13.2 Å². The van der Waals surface area contributed by atoms with E-state index in [0.717, 1.165) is 37.8 Å². The van der Waals surface area contributed by atoms with Gasteiger partial charge in [0.15, 0.2) is 5.82 Å². The van der Waals surface area contributed by atoms with Crippen LogP contribution in [0.4, 0.5) is 0 Å². The van der Waals surface area contributed by atoms with Gasteiger partial charge >= 0.3 is 0 Å². The van der Waals surface area contributed by atoms with Gasteiger partial charge in [-0.15, -0.1) is 0 Å². The minimum Gasteiger partial charge on any atom is -0.381 e. The molecule has 0 aromatic carbocycles. The molecule has 1 aliphatic rings. The summed E-state index contributed by atoms with van der Waals surface area (Å²) in [5.41, 5.74) is 0. The van der Waals surface area contributed by atoms with Gasteiger partial charge in [0.1, 0.15) is 0 Å². The highest BCUT2D eigenvalue weighted by molar-refractivity contribution is 4.97. The molecule has 14 heavy (non-hydrogen) atoms. The fourth-order valence-corrected chi connectivity index (χ4v) is 1.59. The Morgan fingerprint density at radius 2 is 2.00 bits per heavy atom. The van der Waals surface area contributed by atoms with Crippen LogP contribution >= 0.6 is 0 Å². The van der Waals surface area contributed by atoms with E-state index < -0.39 is 0 Å². The number of rotatable bonds is 2. The summed E-state index contributed by atoms with van der Waals surface area (Å²) in [5, 5.41) is 3.96. The molecule has 0 atom stereocenters. The summed E-state index contributed by atoms with van der Waals surface area (Å²) >= 11 is 0. The third kappa shape index (κ3) is 1.95. The van der Waals surface area contributed by atoms with Crippen LogP contribution in [0.2, 0.25) is 0 Å². The fraction of sp³-hybridized carbons (Fsp3) is 0.800. The van der Waals surface area contributed by atoms with Gasteiger partial charge < -0.3 is 9.26 Å². The minimum atomic E-state index is 0.340. The van der Waals surface area contributed by atoms with E-state index in [1.165, 1.54) is 0 Å². The van der Waals surface area contributed by atoms with E-state index in [1.807, 2.05) is 0 Å². The van der Waals surface area contributed by atoms with Crippen LogP contribution in [0, 0.1) is 0 Å². The maximum atomic E-state index is 5.29. The molecular weight excluding hydrogens is 180 g/mol. The normalized spacial score (nSPS) is 19.1. The standard InChI is InChI=1S/C10H16N2O2/c1-7(2)9-11-10(14-12-9)8-3-5-13-6-4-8/h7-8H,3-6H2,1-2H3. The largest absolute Gasteiger partial charge is 0.381 e. The summed E-state index contributed by atoms with van der Waals surface area (Å²) < 4.78 is 10.5. The first-order valence-corrected chi connectivity index (χ1v) is 5.18. The number of aromatic nitrogens is 2. The summed E-state index contributed by atoms with van der Waals surface area (Å²) in [6.07, 6.45) is 2.00. The molecule has 1 aromatic heterocycles. The molecule has 1 aliphatic heterocycles. The molecule has 4 nitrogen and oxygen atoms in total. The molecular formula is C10H16N2O2. The fourth-order valence-electron chi connectivity index (χ4n) is 1.59. The summed E-state index contributed by atoms with van der Waals surface area (Å²) in [6, 6.07) is 0. The molecule has 1 fully saturated rings. The van der Waals surface area contributed by atoms with Crippen molar-refractivity contribution in [2.24, 2.45) is 0 Å². The number of hydrogen-bond acceptors (Lipinski definition) is 4. The lowest BCUT2D eigenvalue weighted by atomic mass is 10.0. The van der Waals surface area contributed by atoms with Gasteiger partial charge in [-0.1, -0.05) is 19.0 Å². The molecule has 4 heteroatoms. The molecule has 1 saturated heterocycles.